The number of ether oxygens (including phenoxy) is 5. The molecule has 1 aliphatic carbocycles. The van der Waals surface area contributed by atoms with Gasteiger partial charge in [0.05, 0.1) is 49.4 Å². The number of methoxy groups -OCH3 is 2. The van der Waals surface area contributed by atoms with Crippen LogP contribution in [0, 0.1) is 29.6 Å². The van der Waals surface area contributed by atoms with Gasteiger partial charge >= 0.3 is 5.97 Å². The number of cyclic esters (lactones) is 1. The van der Waals surface area contributed by atoms with Gasteiger partial charge in [-0.25, -0.2) is 4.79 Å². The van der Waals surface area contributed by atoms with Crippen molar-refractivity contribution in [2.24, 2.45) is 40.5 Å². The molecule has 1 saturated carbocycles. The smallest absolute Gasteiger partial charge is 0.329 e. The van der Waals surface area contributed by atoms with Gasteiger partial charge in [0.1, 0.15) is 30.1 Å². The second-order valence-electron chi connectivity index (χ2n) is 22.1. The van der Waals surface area contributed by atoms with Crippen LogP contribution in [0.4, 0.5) is 0 Å². The van der Waals surface area contributed by atoms with E-state index in [9.17, 15) is 49.5 Å². The number of nitrogens with zero attached hydrogens (tertiary/aromatic N) is 2. The van der Waals surface area contributed by atoms with Gasteiger partial charge < -0.3 is 70.0 Å². The molecule has 3 heterocycles. The number of ketones is 2. The molecule has 3 fully saturated rings. The number of carbonyl (C=O) groups excluding carboxylic acids is 5. The van der Waals surface area contributed by atoms with Crippen molar-refractivity contribution in [2.45, 2.75) is 199 Å². The lowest BCUT2D eigenvalue weighted by Crippen LogP contribution is -2.61. The van der Waals surface area contributed by atoms with E-state index in [-0.39, 0.29) is 80.9 Å². The van der Waals surface area contributed by atoms with E-state index in [0.29, 0.717) is 57.8 Å². The lowest BCUT2D eigenvalue weighted by molar-refractivity contribution is -0.265. The first-order chi connectivity index (χ1) is 36.5. The lowest BCUT2D eigenvalue weighted by atomic mass is 9.80. The second-order valence-corrected chi connectivity index (χ2v) is 22.1. The first kappa shape index (κ1) is 65.3. The largest absolute Gasteiger partial charge is 0.459 e. The Labute approximate surface area is 455 Å². The van der Waals surface area contributed by atoms with Crippen LogP contribution in [0.2, 0.25) is 0 Å². The Morgan fingerprint density at radius 3 is 2.32 bits per heavy atom. The molecule has 0 aromatic rings. The molecule has 2 amide bonds. The quantitative estimate of drug-likeness (QED) is 0.0426. The maximum absolute atomic E-state index is 14.5. The topological polar surface area (TPSA) is 296 Å². The number of esters is 1. The molecule has 4 aliphatic rings. The van der Waals surface area contributed by atoms with Crippen molar-refractivity contribution in [3.8, 4) is 0 Å². The van der Waals surface area contributed by atoms with E-state index in [1.807, 2.05) is 51.2 Å². The SMILES string of the molecule is CO[C@H]1C[C@@H]2CC[C@@H](C)[C@@](O)(O2)C(=O)C(=O)N2CCCC[C@H]2C(=O)O[C@H]([C@H](N)C[C@@H]2CC[C@@H](O)[C@H](OC)C2)C[C@@H](O)[C@H](C)/C=C(\C)[C@@H](O)[C@@H](O)/C(=N/OCC(=O)NCCOCCC(C)=O)[C@H](C)C[C@H](C)/C=C/C=C/C=C/1C. The Morgan fingerprint density at radius 1 is 0.883 bits per heavy atom. The highest BCUT2D eigenvalue weighted by molar-refractivity contribution is 6.39. The molecule has 2 bridgehead atoms. The van der Waals surface area contributed by atoms with Gasteiger partial charge in [-0.1, -0.05) is 69.3 Å². The Hall–Kier alpha value is -4.22. The molecule has 3 aliphatic heterocycles. The van der Waals surface area contributed by atoms with Crippen LogP contribution in [0.3, 0.4) is 0 Å². The minimum absolute atomic E-state index is 0.00656. The third-order valence-electron chi connectivity index (χ3n) is 15.7. The van der Waals surface area contributed by atoms with E-state index in [2.05, 4.69) is 10.5 Å². The van der Waals surface area contributed by atoms with Crippen LogP contribution >= 0.6 is 0 Å². The average Bonchev–Trinajstić information content (AvgIpc) is 3.39. The van der Waals surface area contributed by atoms with E-state index in [0.717, 1.165) is 10.5 Å². The number of oxime groups is 1. The summed E-state index contributed by atoms with van der Waals surface area (Å²) >= 11 is 0. The number of amides is 2. The number of hydrogen-bond acceptors (Lipinski definition) is 18. The molecule has 0 unspecified atom stereocenters. The zero-order chi connectivity index (χ0) is 57.0. The molecule has 0 spiro atoms. The van der Waals surface area contributed by atoms with Gasteiger partial charge in [0.25, 0.3) is 17.6 Å². The summed E-state index contributed by atoms with van der Waals surface area (Å²) in [7, 11) is 3.09. The number of piperidine rings is 1. The molecule has 0 radical (unpaired) electrons. The maximum Gasteiger partial charge on any atom is 0.329 e. The Kier molecular flexibility index (Phi) is 27.3. The molecule has 436 valence electrons. The highest BCUT2D eigenvalue weighted by Gasteiger charge is 2.53. The van der Waals surface area contributed by atoms with Gasteiger partial charge in [-0.05, 0) is 108 Å². The van der Waals surface area contributed by atoms with Crippen LogP contribution in [0.5, 0.6) is 0 Å². The average molecular weight is 1090 g/mol. The molecule has 77 heavy (non-hydrogen) atoms. The number of fused-ring (bicyclic) bond motifs is 3. The van der Waals surface area contributed by atoms with Crippen molar-refractivity contribution in [3.05, 3.63) is 47.6 Å². The number of carbonyl (C=O) groups is 5. The Bertz CT molecular complexity index is 2080. The predicted molar refractivity (Wildman–Crippen MR) is 288 cm³/mol. The summed E-state index contributed by atoms with van der Waals surface area (Å²) in [5, 5.41) is 64.8. The summed E-state index contributed by atoms with van der Waals surface area (Å²) < 4.78 is 29.2. The standard InChI is InChI=1S/C57H92N4O16/c1-34-15-11-10-12-16-35(2)47(72-8)31-42-20-18-39(6)57(71,77-42)54(68)55(69)61-24-14-13-17-44(61)56(70)76-48(43(58)29-41-19-21-45(63)49(30-41)73-9)32-46(64)36(3)28-38(5)52(66)53(67)51(37(4)27-34)60-75-33-50(65)59-23-26-74-25-22-40(7)62/h10-12,15-16,28,34,36-37,39,41-49,52-53,63-64,66-67,71H,13-14,17-27,29-33,58H2,1-9H3,(H,59,65)/b12-10+,15-11+,35-16+,38-28+,60-51+/t34-,36-,37-,39-,41+,42+,43-,44+,45-,46-,47+,48+,49-,52-,53+,57-/m1/s1. The third kappa shape index (κ3) is 19.8. The van der Waals surface area contributed by atoms with Gasteiger partial charge in [0.15, 0.2) is 6.61 Å². The minimum Gasteiger partial charge on any atom is -0.459 e. The van der Waals surface area contributed by atoms with E-state index in [1.54, 1.807) is 34.0 Å². The normalized spacial score (nSPS) is 37.3. The zero-order valence-corrected chi connectivity index (χ0v) is 47.1. The Balaban J connectivity index is 1.70. The van der Waals surface area contributed by atoms with E-state index >= 15 is 0 Å². The van der Waals surface area contributed by atoms with Gasteiger partial charge in [-0.2, -0.15) is 0 Å². The van der Waals surface area contributed by atoms with Crippen LogP contribution < -0.4 is 11.1 Å². The first-order valence-electron chi connectivity index (χ1n) is 27.7. The minimum atomic E-state index is -2.47. The van der Waals surface area contributed by atoms with E-state index < -0.39 is 115 Å². The number of nitrogens with two attached hydrogens (primary N) is 1. The van der Waals surface area contributed by atoms with Crippen LogP contribution in [-0.4, -0.2) is 179 Å². The molecule has 20 nitrogen and oxygen atoms in total. The van der Waals surface area contributed by atoms with Gasteiger partial charge in [-0.15, -0.1) is 0 Å². The summed E-state index contributed by atoms with van der Waals surface area (Å²) in [6, 6.07) is -2.04. The molecule has 20 heteroatoms. The second kappa shape index (κ2) is 32.1. The van der Waals surface area contributed by atoms with Crippen molar-refractivity contribution in [1.82, 2.24) is 10.2 Å². The van der Waals surface area contributed by atoms with Crippen molar-refractivity contribution in [2.75, 3.05) is 47.1 Å². The fraction of sp³-hybridized carbons (Fsp3) is 0.754. The van der Waals surface area contributed by atoms with Crippen molar-refractivity contribution < 1.29 is 78.0 Å². The molecule has 16 atom stereocenters. The molecule has 2 saturated heterocycles. The summed E-state index contributed by atoms with van der Waals surface area (Å²) in [6.07, 6.45) is 8.19. The molecule has 0 aromatic carbocycles. The van der Waals surface area contributed by atoms with Gasteiger partial charge in [0, 0.05) is 70.4 Å². The number of rotatable bonds is 14. The summed E-state index contributed by atoms with van der Waals surface area (Å²) in [6.45, 7) is 12.2. The molecule has 4 rings (SSSR count). The van der Waals surface area contributed by atoms with Gasteiger partial charge in [0.2, 0.25) is 5.79 Å². The highest BCUT2D eigenvalue weighted by Crippen LogP contribution is 2.37. The van der Waals surface area contributed by atoms with Crippen molar-refractivity contribution in [3.63, 3.8) is 0 Å². The van der Waals surface area contributed by atoms with Crippen LogP contribution in [0.25, 0.3) is 0 Å². The number of aliphatic hydroxyl groups is 5. The lowest BCUT2D eigenvalue weighted by Gasteiger charge is -2.42. The number of hydrogen-bond donors (Lipinski definition) is 7. The molecular formula is C57H92N4O16. The fourth-order valence-electron chi connectivity index (χ4n) is 10.8. The number of nitrogens with one attached hydrogen (secondary N) is 1. The summed E-state index contributed by atoms with van der Waals surface area (Å²) in [4.78, 5) is 73.6. The van der Waals surface area contributed by atoms with E-state index in [1.165, 1.54) is 14.0 Å². The van der Waals surface area contributed by atoms with Crippen molar-refractivity contribution in [1.29, 1.82) is 0 Å². The summed E-state index contributed by atoms with van der Waals surface area (Å²) in [5.74, 6) is -8.08. The maximum atomic E-state index is 14.5. The zero-order valence-electron chi connectivity index (χ0n) is 47.1. The third-order valence-corrected chi connectivity index (χ3v) is 15.7. The van der Waals surface area contributed by atoms with Crippen LogP contribution in [0.1, 0.15) is 132 Å². The van der Waals surface area contributed by atoms with E-state index in [4.69, 9.17) is 34.3 Å². The number of allylic oxidation sites excluding steroid dienone is 5. The number of Topliss-reactive ketones (excluding diaryl/α,β-unsaturated/α-hetero) is 2. The van der Waals surface area contributed by atoms with Crippen molar-refractivity contribution >= 4 is 35.1 Å². The molecular weight excluding hydrogens is 997 g/mol. The predicted octanol–water partition coefficient (Wildman–Crippen LogP) is 3.92. The fourth-order valence-corrected chi connectivity index (χ4v) is 10.8. The number of aliphatic hydroxyl groups excluding tert-OH is 4. The molecule has 8 N–H and O–H groups in total. The monoisotopic (exact) mass is 1090 g/mol. The van der Waals surface area contributed by atoms with Crippen LogP contribution in [-0.2, 0) is 52.5 Å². The first-order valence-corrected chi connectivity index (χ1v) is 27.7. The highest BCUT2D eigenvalue weighted by atomic mass is 16.6. The summed E-state index contributed by atoms with van der Waals surface area (Å²) in [5.41, 5.74) is 8.12. The van der Waals surface area contributed by atoms with Crippen LogP contribution in [0.15, 0.2) is 52.8 Å². The van der Waals surface area contributed by atoms with Gasteiger partial charge in [-0.3, -0.25) is 19.2 Å². The molecule has 0 aromatic heterocycles. The Morgan fingerprint density at radius 2 is 1.62 bits per heavy atom.